The van der Waals surface area contributed by atoms with E-state index in [1.54, 1.807) is 6.20 Å². The lowest BCUT2D eigenvalue weighted by Gasteiger charge is -2.21. The Balaban J connectivity index is 2.37. The standard InChI is InChI=1S/C17H21N3O2/c1-6-8-22-13-9-12(7-2)14(18-10-13)15-19-16(21)17(5,20-15)11(3)4/h1,9-11H,7-8H2,2-5H3,(H,19,20,21). The topological polar surface area (TPSA) is 63.6 Å². The first-order valence-electron chi connectivity index (χ1n) is 7.39. The van der Waals surface area contributed by atoms with E-state index in [1.807, 2.05) is 33.8 Å². The van der Waals surface area contributed by atoms with E-state index in [0.717, 1.165) is 12.0 Å². The summed E-state index contributed by atoms with van der Waals surface area (Å²) in [6.07, 6.45) is 7.54. The number of carbonyl (C=O) groups is 1. The molecule has 1 N–H and O–H groups in total. The van der Waals surface area contributed by atoms with Crippen molar-refractivity contribution in [1.82, 2.24) is 10.3 Å². The molecule has 1 unspecified atom stereocenters. The molecule has 1 aliphatic rings. The van der Waals surface area contributed by atoms with Gasteiger partial charge >= 0.3 is 0 Å². The van der Waals surface area contributed by atoms with Crippen molar-refractivity contribution >= 4 is 11.7 Å². The second-order valence-electron chi connectivity index (χ2n) is 5.74. The minimum Gasteiger partial charge on any atom is -0.479 e. The number of hydrogen-bond donors (Lipinski definition) is 1. The summed E-state index contributed by atoms with van der Waals surface area (Å²) >= 11 is 0. The Morgan fingerprint density at radius 3 is 2.77 bits per heavy atom. The third-order valence-corrected chi connectivity index (χ3v) is 4.03. The molecule has 0 radical (unpaired) electrons. The van der Waals surface area contributed by atoms with Crippen molar-refractivity contribution < 1.29 is 9.53 Å². The van der Waals surface area contributed by atoms with E-state index in [4.69, 9.17) is 11.2 Å². The van der Waals surface area contributed by atoms with Gasteiger partial charge in [-0.05, 0) is 30.9 Å². The van der Waals surface area contributed by atoms with Crippen molar-refractivity contribution in [2.45, 2.75) is 39.7 Å². The Morgan fingerprint density at radius 2 is 2.23 bits per heavy atom. The quantitative estimate of drug-likeness (QED) is 0.845. The molecule has 0 spiro atoms. The number of rotatable bonds is 5. The molecule has 0 aliphatic carbocycles. The van der Waals surface area contributed by atoms with Crippen LogP contribution in [0.1, 0.15) is 39.0 Å². The molecule has 5 heteroatoms. The number of amides is 1. The average molecular weight is 299 g/mol. The van der Waals surface area contributed by atoms with Crippen LogP contribution in [0.25, 0.3) is 0 Å². The smallest absolute Gasteiger partial charge is 0.253 e. The van der Waals surface area contributed by atoms with Crippen LogP contribution in [0.15, 0.2) is 17.3 Å². The molecule has 0 bridgehead atoms. The molecular weight excluding hydrogens is 278 g/mol. The fraction of sp³-hybridized carbons (Fsp3) is 0.471. The predicted molar refractivity (Wildman–Crippen MR) is 85.9 cm³/mol. The predicted octanol–water partition coefficient (Wildman–Crippen LogP) is 1.95. The molecule has 2 rings (SSSR count). The van der Waals surface area contributed by atoms with E-state index in [1.165, 1.54) is 0 Å². The molecule has 2 heterocycles. The normalized spacial score (nSPS) is 20.5. The molecule has 1 aromatic heterocycles. The highest BCUT2D eigenvalue weighted by molar-refractivity contribution is 6.15. The van der Waals surface area contributed by atoms with Crippen molar-refractivity contribution in [3.63, 3.8) is 0 Å². The van der Waals surface area contributed by atoms with Crippen LogP contribution in [-0.2, 0) is 11.2 Å². The Labute approximate surface area is 131 Å². The number of hydrogen-bond acceptors (Lipinski definition) is 4. The molecule has 0 saturated carbocycles. The molecule has 0 saturated heterocycles. The third-order valence-electron chi connectivity index (χ3n) is 4.03. The number of ether oxygens (including phenoxy) is 1. The van der Waals surface area contributed by atoms with Crippen molar-refractivity contribution in [3.8, 4) is 18.1 Å². The SMILES string of the molecule is C#CCOc1cnc(C2=NC(C)(C(C)C)C(=O)N2)c(CC)c1. The Morgan fingerprint density at radius 1 is 1.50 bits per heavy atom. The zero-order chi connectivity index (χ0) is 16.3. The van der Waals surface area contributed by atoms with Gasteiger partial charge in [-0.25, -0.2) is 9.98 Å². The van der Waals surface area contributed by atoms with Gasteiger partial charge in [0.25, 0.3) is 5.91 Å². The molecule has 22 heavy (non-hydrogen) atoms. The van der Waals surface area contributed by atoms with Crippen molar-refractivity contribution in [2.75, 3.05) is 6.61 Å². The molecule has 0 aromatic carbocycles. The Hall–Kier alpha value is -2.35. The van der Waals surface area contributed by atoms with Crippen LogP contribution in [0.5, 0.6) is 5.75 Å². The van der Waals surface area contributed by atoms with Gasteiger partial charge in [0, 0.05) is 0 Å². The van der Waals surface area contributed by atoms with Crippen molar-refractivity contribution in [3.05, 3.63) is 23.5 Å². The maximum atomic E-state index is 12.2. The van der Waals surface area contributed by atoms with Gasteiger partial charge < -0.3 is 10.1 Å². The first kappa shape index (κ1) is 16.0. The number of nitrogens with zero attached hydrogens (tertiary/aromatic N) is 2. The van der Waals surface area contributed by atoms with Crippen molar-refractivity contribution in [1.29, 1.82) is 0 Å². The number of nitrogens with one attached hydrogen (secondary N) is 1. The zero-order valence-corrected chi connectivity index (χ0v) is 13.4. The summed E-state index contributed by atoms with van der Waals surface area (Å²) in [6.45, 7) is 8.03. The van der Waals surface area contributed by atoms with Gasteiger partial charge in [-0.1, -0.05) is 26.7 Å². The van der Waals surface area contributed by atoms with Crippen LogP contribution in [0.3, 0.4) is 0 Å². The lowest BCUT2D eigenvalue weighted by atomic mass is 9.89. The average Bonchev–Trinajstić information content (AvgIpc) is 2.81. The van der Waals surface area contributed by atoms with E-state index in [9.17, 15) is 4.79 Å². The highest BCUT2D eigenvalue weighted by Gasteiger charge is 2.42. The monoisotopic (exact) mass is 299 g/mol. The van der Waals surface area contributed by atoms with Gasteiger partial charge in [-0.2, -0.15) is 0 Å². The van der Waals surface area contributed by atoms with E-state index >= 15 is 0 Å². The van der Waals surface area contributed by atoms with Crippen LogP contribution >= 0.6 is 0 Å². The van der Waals surface area contributed by atoms with Crippen LogP contribution in [0.2, 0.25) is 0 Å². The van der Waals surface area contributed by atoms with Gasteiger partial charge in [-0.15, -0.1) is 6.42 Å². The molecule has 1 aromatic rings. The fourth-order valence-electron chi connectivity index (χ4n) is 2.22. The molecule has 1 amide bonds. The maximum absolute atomic E-state index is 12.2. The summed E-state index contributed by atoms with van der Waals surface area (Å²) in [7, 11) is 0. The number of aryl methyl sites for hydroxylation is 1. The Kier molecular flexibility index (Phi) is 4.51. The van der Waals surface area contributed by atoms with Crippen LogP contribution in [0, 0.1) is 18.3 Å². The highest BCUT2D eigenvalue weighted by Crippen LogP contribution is 2.27. The number of terminal acetylenes is 1. The summed E-state index contributed by atoms with van der Waals surface area (Å²) in [5.41, 5.74) is 0.899. The molecule has 1 atom stereocenters. The van der Waals surface area contributed by atoms with Crippen LogP contribution < -0.4 is 10.1 Å². The molecule has 5 nitrogen and oxygen atoms in total. The zero-order valence-electron chi connectivity index (χ0n) is 13.4. The van der Waals surface area contributed by atoms with E-state index < -0.39 is 5.54 Å². The van der Waals surface area contributed by atoms with E-state index in [-0.39, 0.29) is 18.4 Å². The third kappa shape index (κ3) is 2.82. The summed E-state index contributed by atoms with van der Waals surface area (Å²) in [4.78, 5) is 21.2. The largest absolute Gasteiger partial charge is 0.479 e. The second-order valence-corrected chi connectivity index (χ2v) is 5.74. The van der Waals surface area contributed by atoms with Gasteiger partial charge in [0.2, 0.25) is 0 Å². The molecular formula is C17H21N3O2. The highest BCUT2D eigenvalue weighted by atomic mass is 16.5. The first-order chi connectivity index (χ1) is 10.4. The fourth-order valence-corrected chi connectivity index (χ4v) is 2.22. The van der Waals surface area contributed by atoms with Crippen molar-refractivity contribution in [2.24, 2.45) is 10.9 Å². The molecule has 1 aliphatic heterocycles. The van der Waals surface area contributed by atoms with Crippen LogP contribution in [-0.4, -0.2) is 28.9 Å². The van der Waals surface area contributed by atoms with Gasteiger partial charge in [0.1, 0.15) is 23.6 Å². The molecule has 116 valence electrons. The number of pyridine rings is 1. The van der Waals surface area contributed by atoms with E-state index in [2.05, 4.69) is 21.2 Å². The number of aliphatic imine (C=N–C) groups is 1. The lowest BCUT2D eigenvalue weighted by molar-refractivity contribution is -0.124. The summed E-state index contributed by atoms with van der Waals surface area (Å²) < 4.78 is 5.39. The van der Waals surface area contributed by atoms with Gasteiger partial charge in [0.05, 0.1) is 6.20 Å². The minimum absolute atomic E-state index is 0.0889. The number of carbonyl (C=O) groups excluding carboxylic acids is 1. The number of aromatic nitrogens is 1. The lowest BCUT2D eigenvalue weighted by Crippen LogP contribution is -2.41. The molecule has 0 fully saturated rings. The van der Waals surface area contributed by atoms with Crippen LogP contribution in [0.4, 0.5) is 0 Å². The maximum Gasteiger partial charge on any atom is 0.253 e. The Bertz CT molecular complexity index is 658. The van der Waals surface area contributed by atoms with E-state index in [0.29, 0.717) is 17.3 Å². The second kappa shape index (κ2) is 6.18. The van der Waals surface area contributed by atoms with Gasteiger partial charge in [-0.3, -0.25) is 4.79 Å². The summed E-state index contributed by atoms with van der Waals surface area (Å²) in [5.74, 6) is 3.59. The first-order valence-corrected chi connectivity index (χ1v) is 7.39. The van der Waals surface area contributed by atoms with Gasteiger partial charge in [0.15, 0.2) is 5.84 Å². The summed E-state index contributed by atoms with van der Waals surface area (Å²) in [6, 6.07) is 1.89. The summed E-state index contributed by atoms with van der Waals surface area (Å²) in [5, 5.41) is 2.85. The number of amidine groups is 1. The minimum atomic E-state index is -0.749.